The minimum atomic E-state index is -1.12. The van der Waals surface area contributed by atoms with Crippen LogP contribution >= 0.6 is 0 Å². The molecule has 1 aromatic rings. The second-order valence-electron chi connectivity index (χ2n) is 6.63. The number of rotatable bonds is 8. The number of fused-ring (bicyclic) bond motifs is 1. The molecule has 3 rings (SSSR count). The highest BCUT2D eigenvalue weighted by Gasteiger charge is 2.46. The van der Waals surface area contributed by atoms with E-state index in [-0.39, 0.29) is 11.6 Å². The normalized spacial score (nSPS) is 20.6. The van der Waals surface area contributed by atoms with Crippen LogP contribution < -0.4 is 5.73 Å². The molecule has 0 saturated carbocycles. The Morgan fingerprint density at radius 1 is 1.21 bits per heavy atom. The Labute approximate surface area is 162 Å². The van der Waals surface area contributed by atoms with Crippen molar-refractivity contribution in [2.75, 3.05) is 6.61 Å². The fourth-order valence-electron chi connectivity index (χ4n) is 3.82. The zero-order chi connectivity index (χ0) is 20.3. The number of carboxylic acids is 1. The van der Waals surface area contributed by atoms with Crippen molar-refractivity contribution in [3.8, 4) is 0 Å². The maximum atomic E-state index is 12.7. The Morgan fingerprint density at radius 3 is 2.54 bits per heavy atom. The zero-order valence-corrected chi connectivity index (χ0v) is 15.5. The van der Waals surface area contributed by atoms with E-state index in [9.17, 15) is 14.4 Å². The quantitative estimate of drug-likeness (QED) is 0.663. The highest BCUT2D eigenvalue weighted by atomic mass is 16.5. The number of carboxylic acid groups (broad SMARTS) is 1. The number of ketones is 1. The SMILES string of the molecule is CCC1=C(C(=O)C(N)=O)C2C(OCC(=O)O)=CC=CC2N1Cc1ccccc1. The molecule has 1 aliphatic heterocycles. The van der Waals surface area contributed by atoms with E-state index >= 15 is 0 Å². The van der Waals surface area contributed by atoms with Crippen LogP contribution in [0.25, 0.3) is 0 Å². The van der Waals surface area contributed by atoms with Crippen molar-refractivity contribution in [1.29, 1.82) is 0 Å². The smallest absolute Gasteiger partial charge is 0.341 e. The molecule has 0 fully saturated rings. The van der Waals surface area contributed by atoms with E-state index in [0.717, 1.165) is 11.3 Å². The van der Waals surface area contributed by atoms with Gasteiger partial charge in [0, 0.05) is 17.8 Å². The molecule has 7 heteroatoms. The second-order valence-corrected chi connectivity index (χ2v) is 6.63. The van der Waals surface area contributed by atoms with E-state index in [1.165, 1.54) is 0 Å². The summed E-state index contributed by atoms with van der Waals surface area (Å²) < 4.78 is 5.45. The van der Waals surface area contributed by atoms with Crippen LogP contribution in [0.1, 0.15) is 18.9 Å². The van der Waals surface area contributed by atoms with Gasteiger partial charge in [-0.1, -0.05) is 49.4 Å². The van der Waals surface area contributed by atoms with Crippen LogP contribution in [0.5, 0.6) is 0 Å². The maximum absolute atomic E-state index is 12.7. The molecule has 1 amide bonds. The number of Topliss-reactive ketones (excluding diaryl/α,β-unsaturated/α-hetero) is 1. The summed E-state index contributed by atoms with van der Waals surface area (Å²) in [7, 11) is 0. The molecule has 0 bridgehead atoms. The standard InChI is InChI=1S/C21H22N2O5/c1-2-14-19(20(26)21(22)27)18-15(9-6-10-16(18)28-12-17(24)25)23(14)11-13-7-4-3-5-8-13/h3-10,15,18H,2,11-12H2,1H3,(H2,22,27)(H,24,25). The van der Waals surface area contributed by atoms with Gasteiger partial charge in [-0.3, -0.25) is 9.59 Å². The Bertz CT molecular complexity index is 885. The van der Waals surface area contributed by atoms with Gasteiger partial charge in [0.2, 0.25) is 5.78 Å². The monoisotopic (exact) mass is 382 g/mol. The Kier molecular flexibility index (Phi) is 5.63. The number of amides is 1. The third kappa shape index (κ3) is 3.69. The lowest BCUT2D eigenvalue weighted by molar-refractivity contribution is -0.141. The fraction of sp³-hybridized carbons (Fsp3) is 0.286. The molecule has 28 heavy (non-hydrogen) atoms. The number of allylic oxidation sites excluding steroid dienone is 3. The first-order chi connectivity index (χ1) is 13.4. The third-order valence-electron chi connectivity index (χ3n) is 4.91. The van der Waals surface area contributed by atoms with Crippen LogP contribution in [0, 0.1) is 5.92 Å². The molecule has 7 nitrogen and oxygen atoms in total. The van der Waals surface area contributed by atoms with Crippen LogP contribution in [0.15, 0.2) is 65.6 Å². The molecular formula is C21H22N2O5. The predicted molar refractivity (Wildman–Crippen MR) is 102 cm³/mol. The Balaban J connectivity index is 2.04. The number of hydrogen-bond donors (Lipinski definition) is 2. The molecular weight excluding hydrogens is 360 g/mol. The predicted octanol–water partition coefficient (Wildman–Crippen LogP) is 1.76. The van der Waals surface area contributed by atoms with E-state index in [0.29, 0.717) is 18.7 Å². The summed E-state index contributed by atoms with van der Waals surface area (Å²) in [6.45, 7) is 1.92. The number of carbonyl (C=O) groups is 3. The summed E-state index contributed by atoms with van der Waals surface area (Å²) in [4.78, 5) is 37.4. The molecule has 0 radical (unpaired) electrons. The van der Waals surface area contributed by atoms with Crippen LogP contribution in [0.2, 0.25) is 0 Å². The van der Waals surface area contributed by atoms with Crippen molar-refractivity contribution >= 4 is 17.7 Å². The van der Waals surface area contributed by atoms with Gasteiger partial charge in [0.25, 0.3) is 5.91 Å². The summed E-state index contributed by atoms with van der Waals surface area (Å²) in [5.74, 6) is -3.13. The number of carbonyl (C=O) groups excluding carboxylic acids is 2. The molecule has 146 valence electrons. The molecule has 0 saturated heterocycles. The summed E-state index contributed by atoms with van der Waals surface area (Å²) in [6, 6.07) is 9.51. The molecule has 1 heterocycles. The molecule has 2 aliphatic rings. The average molecular weight is 382 g/mol. The van der Waals surface area contributed by atoms with Crippen molar-refractivity contribution in [3.63, 3.8) is 0 Å². The van der Waals surface area contributed by atoms with Gasteiger partial charge in [0.1, 0.15) is 5.76 Å². The maximum Gasteiger partial charge on any atom is 0.341 e. The number of hydrogen-bond acceptors (Lipinski definition) is 5. The van der Waals surface area contributed by atoms with Gasteiger partial charge >= 0.3 is 5.97 Å². The van der Waals surface area contributed by atoms with Gasteiger partial charge in [-0.2, -0.15) is 0 Å². The lowest BCUT2D eigenvalue weighted by Gasteiger charge is -2.32. The average Bonchev–Trinajstić information content (AvgIpc) is 3.00. The van der Waals surface area contributed by atoms with E-state index in [2.05, 4.69) is 4.90 Å². The van der Waals surface area contributed by atoms with Crippen molar-refractivity contribution in [2.45, 2.75) is 25.9 Å². The zero-order valence-electron chi connectivity index (χ0n) is 15.5. The van der Waals surface area contributed by atoms with Crippen molar-refractivity contribution in [3.05, 3.63) is 71.2 Å². The van der Waals surface area contributed by atoms with Gasteiger partial charge < -0.3 is 20.5 Å². The molecule has 3 N–H and O–H groups in total. The second kappa shape index (κ2) is 8.12. The van der Waals surface area contributed by atoms with E-state index in [4.69, 9.17) is 15.6 Å². The van der Waals surface area contributed by atoms with Gasteiger partial charge in [0.15, 0.2) is 6.61 Å². The molecule has 2 unspecified atom stereocenters. The first kappa shape index (κ1) is 19.4. The Morgan fingerprint density at radius 2 is 1.93 bits per heavy atom. The summed E-state index contributed by atoms with van der Waals surface area (Å²) in [5, 5.41) is 8.96. The van der Waals surface area contributed by atoms with Crippen LogP contribution in [0.3, 0.4) is 0 Å². The number of nitrogens with two attached hydrogens (primary N) is 1. The molecule has 2 atom stereocenters. The van der Waals surface area contributed by atoms with E-state index in [1.807, 2.05) is 43.3 Å². The van der Waals surface area contributed by atoms with Crippen molar-refractivity contribution in [1.82, 2.24) is 4.90 Å². The van der Waals surface area contributed by atoms with Crippen LogP contribution in [-0.4, -0.2) is 40.3 Å². The summed E-state index contributed by atoms with van der Waals surface area (Å²) in [6.07, 6.45) is 5.87. The van der Waals surface area contributed by atoms with Crippen LogP contribution in [0.4, 0.5) is 0 Å². The molecule has 1 aromatic carbocycles. The number of primary amides is 1. The topological polar surface area (TPSA) is 110 Å². The number of benzene rings is 1. The van der Waals surface area contributed by atoms with Crippen LogP contribution in [-0.2, 0) is 25.7 Å². The minimum absolute atomic E-state index is 0.262. The van der Waals surface area contributed by atoms with Gasteiger partial charge in [-0.15, -0.1) is 0 Å². The number of nitrogens with zero attached hydrogens (tertiary/aromatic N) is 1. The Hall–Kier alpha value is -3.35. The highest BCUT2D eigenvalue weighted by Crippen LogP contribution is 2.43. The number of aliphatic carboxylic acids is 1. The first-order valence-electron chi connectivity index (χ1n) is 9.04. The fourth-order valence-corrected chi connectivity index (χ4v) is 3.82. The molecule has 1 aliphatic carbocycles. The highest BCUT2D eigenvalue weighted by molar-refractivity contribution is 6.42. The van der Waals surface area contributed by atoms with Gasteiger partial charge in [-0.05, 0) is 18.1 Å². The first-order valence-corrected chi connectivity index (χ1v) is 9.04. The largest absolute Gasteiger partial charge is 0.486 e. The van der Waals surface area contributed by atoms with Gasteiger partial charge in [0.05, 0.1) is 12.0 Å². The minimum Gasteiger partial charge on any atom is -0.486 e. The van der Waals surface area contributed by atoms with Gasteiger partial charge in [-0.25, -0.2) is 4.79 Å². The molecule has 0 aromatic heterocycles. The van der Waals surface area contributed by atoms with E-state index in [1.54, 1.807) is 12.2 Å². The lowest BCUT2D eigenvalue weighted by Crippen LogP contribution is -2.36. The van der Waals surface area contributed by atoms with E-state index < -0.39 is 30.2 Å². The van der Waals surface area contributed by atoms with Crippen molar-refractivity contribution < 1.29 is 24.2 Å². The third-order valence-corrected chi connectivity index (χ3v) is 4.91. The summed E-state index contributed by atoms with van der Waals surface area (Å²) >= 11 is 0. The molecule has 0 spiro atoms. The van der Waals surface area contributed by atoms with Crippen molar-refractivity contribution in [2.24, 2.45) is 11.7 Å². The summed E-state index contributed by atoms with van der Waals surface area (Å²) in [5.41, 5.74) is 7.37. The number of ether oxygens (including phenoxy) is 1. The lowest BCUT2D eigenvalue weighted by atomic mass is 9.86.